The van der Waals surface area contributed by atoms with Crippen molar-refractivity contribution in [1.82, 2.24) is 0 Å². The SMILES string of the molecule is Cc1cc(NC2(C(=O)O)CCC2)c([N+](=O)[O-])cc1F. The van der Waals surface area contributed by atoms with E-state index in [1.807, 2.05) is 0 Å². The Morgan fingerprint density at radius 1 is 1.53 bits per heavy atom. The zero-order valence-electron chi connectivity index (χ0n) is 10.3. The molecule has 0 radical (unpaired) electrons. The summed E-state index contributed by atoms with van der Waals surface area (Å²) in [5, 5.41) is 22.8. The molecule has 7 heteroatoms. The predicted molar refractivity (Wildman–Crippen MR) is 65.6 cm³/mol. The summed E-state index contributed by atoms with van der Waals surface area (Å²) < 4.78 is 13.4. The van der Waals surface area contributed by atoms with Crippen molar-refractivity contribution < 1.29 is 19.2 Å². The van der Waals surface area contributed by atoms with E-state index in [2.05, 4.69) is 5.32 Å². The number of nitro benzene ring substituents is 1. The van der Waals surface area contributed by atoms with Crippen LogP contribution in [0.3, 0.4) is 0 Å². The number of aryl methyl sites for hydroxylation is 1. The van der Waals surface area contributed by atoms with E-state index < -0.39 is 27.9 Å². The van der Waals surface area contributed by atoms with Crippen LogP contribution in [0.4, 0.5) is 15.8 Å². The predicted octanol–water partition coefficient (Wildman–Crippen LogP) is 2.46. The number of benzene rings is 1. The van der Waals surface area contributed by atoms with Crippen LogP contribution in [0.15, 0.2) is 12.1 Å². The number of rotatable bonds is 4. The molecule has 1 aromatic carbocycles. The molecular formula is C12H13FN2O4. The summed E-state index contributed by atoms with van der Waals surface area (Å²) in [7, 11) is 0. The number of anilines is 1. The van der Waals surface area contributed by atoms with Crippen molar-refractivity contribution in [2.75, 3.05) is 5.32 Å². The summed E-state index contributed by atoms with van der Waals surface area (Å²) in [6.45, 7) is 1.47. The molecule has 0 saturated heterocycles. The maximum atomic E-state index is 13.4. The Kier molecular flexibility index (Phi) is 3.13. The largest absolute Gasteiger partial charge is 0.480 e. The third-order valence-corrected chi connectivity index (χ3v) is 3.46. The highest BCUT2D eigenvalue weighted by Crippen LogP contribution is 2.38. The smallest absolute Gasteiger partial charge is 0.329 e. The van der Waals surface area contributed by atoms with Gasteiger partial charge in [0.05, 0.1) is 11.0 Å². The van der Waals surface area contributed by atoms with Gasteiger partial charge in [-0.15, -0.1) is 0 Å². The van der Waals surface area contributed by atoms with Crippen molar-refractivity contribution in [3.8, 4) is 0 Å². The van der Waals surface area contributed by atoms with Crippen molar-refractivity contribution in [2.45, 2.75) is 31.7 Å². The van der Waals surface area contributed by atoms with Gasteiger partial charge in [0.2, 0.25) is 0 Å². The lowest BCUT2D eigenvalue weighted by Gasteiger charge is -2.38. The van der Waals surface area contributed by atoms with Crippen LogP contribution in [0.1, 0.15) is 24.8 Å². The molecule has 1 aliphatic carbocycles. The lowest BCUT2D eigenvalue weighted by atomic mass is 9.76. The first-order valence-corrected chi connectivity index (χ1v) is 5.82. The number of hydrogen-bond donors (Lipinski definition) is 2. The van der Waals surface area contributed by atoms with Gasteiger partial charge in [-0.2, -0.15) is 0 Å². The summed E-state index contributed by atoms with van der Waals surface area (Å²) in [4.78, 5) is 21.4. The lowest BCUT2D eigenvalue weighted by molar-refractivity contribution is -0.384. The first kappa shape index (κ1) is 13.3. The lowest BCUT2D eigenvalue weighted by Crippen LogP contribution is -2.52. The molecule has 2 rings (SSSR count). The van der Waals surface area contributed by atoms with Crippen LogP contribution in [-0.4, -0.2) is 21.5 Å². The quantitative estimate of drug-likeness (QED) is 0.646. The van der Waals surface area contributed by atoms with Crippen LogP contribution in [0, 0.1) is 22.9 Å². The Bertz CT molecular complexity index is 555. The number of carboxylic acids is 1. The fraction of sp³-hybridized carbons (Fsp3) is 0.417. The number of carboxylic acid groups (broad SMARTS) is 1. The molecule has 0 spiro atoms. The second-order valence-electron chi connectivity index (χ2n) is 4.74. The number of nitro groups is 1. The Balaban J connectivity index is 2.41. The van der Waals surface area contributed by atoms with Crippen molar-refractivity contribution in [1.29, 1.82) is 0 Å². The zero-order valence-corrected chi connectivity index (χ0v) is 10.3. The number of aliphatic carboxylic acids is 1. The monoisotopic (exact) mass is 268 g/mol. The molecular weight excluding hydrogens is 255 g/mol. The minimum atomic E-state index is -1.17. The summed E-state index contributed by atoms with van der Waals surface area (Å²) in [6, 6.07) is 2.09. The van der Waals surface area contributed by atoms with Crippen LogP contribution in [0.5, 0.6) is 0 Å². The van der Waals surface area contributed by atoms with Gasteiger partial charge in [0.15, 0.2) is 0 Å². The highest BCUT2D eigenvalue weighted by Gasteiger charge is 2.45. The average Bonchev–Trinajstić information content (AvgIpc) is 2.26. The molecule has 0 aromatic heterocycles. The first-order chi connectivity index (χ1) is 8.85. The minimum absolute atomic E-state index is 0.0472. The van der Waals surface area contributed by atoms with Gasteiger partial charge in [-0.05, 0) is 37.8 Å². The molecule has 1 aliphatic rings. The molecule has 0 unspecified atom stereocenters. The van der Waals surface area contributed by atoms with E-state index in [9.17, 15) is 24.4 Å². The van der Waals surface area contributed by atoms with Gasteiger partial charge in [-0.3, -0.25) is 10.1 Å². The van der Waals surface area contributed by atoms with E-state index in [1.165, 1.54) is 13.0 Å². The maximum absolute atomic E-state index is 13.4. The Morgan fingerprint density at radius 2 is 2.16 bits per heavy atom. The van der Waals surface area contributed by atoms with E-state index in [1.54, 1.807) is 0 Å². The molecule has 6 nitrogen and oxygen atoms in total. The van der Waals surface area contributed by atoms with Gasteiger partial charge in [0.25, 0.3) is 5.69 Å². The summed E-state index contributed by atoms with van der Waals surface area (Å²) in [5.41, 5.74) is -1.34. The van der Waals surface area contributed by atoms with E-state index in [-0.39, 0.29) is 11.3 Å². The number of carbonyl (C=O) groups is 1. The second-order valence-corrected chi connectivity index (χ2v) is 4.74. The van der Waals surface area contributed by atoms with Crippen LogP contribution < -0.4 is 5.32 Å². The molecule has 2 N–H and O–H groups in total. The van der Waals surface area contributed by atoms with Gasteiger partial charge in [-0.1, -0.05) is 0 Å². The molecule has 1 fully saturated rings. The molecule has 1 aromatic rings. The van der Waals surface area contributed by atoms with Crippen molar-refractivity contribution in [3.05, 3.63) is 33.6 Å². The average molecular weight is 268 g/mol. The van der Waals surface area contributed by atoms with Crippen LogP contribution in [0.25, 0.3) is 0 Å². The summed E-state index contributed by atoms with van der Waals surface area (Å²) in [5.74, 6) is -1.73. The first-order valence-electron chi connectivity index (χ1n) is 5.82. The minimum Gasteiger partial charge on any atom is -0.480 e. The molecule has 0 atom stereocenters. The highest BCUT2D eigenvalue weighted by molar-refractivity contribution is 5.85. The van der Waals surface area contributed by atoms with Crippen molar-refractivity contribution in [2.24, 2.45) is 0 Å². The fourth-order valence-electron chi connectivity index (χ4n) is 2.10. The van der Waals surface area contributed by atoms with E-state index in [0.29, 0.717) is 12.8 Å². The standard InChI is InChI=1S/C12H13FN2O4/c1-7-5-9(10(15(18)19)6-8(7)13)14-12(11(16)17)3-2-4-12/h5-6,14H,2-4H2,1H3,(H,16,17). The molecule has 0 bridgehead atoms. The maximum Gasteiger partial charge on any atom is 0.329 e. The molecule has 0 amide bonds. The Labute approximate surface area is 108 Å². The van der Waals surface area contributed by atoms with Gasteiger partial charge in [0.1, 0.15) is 17.0 Å². The third kappa shape index (κ3) is 2.23. The molecule has 19 heavy (non-hydrogen) atoms. The summed E-state index contributed by atoms with van der Waals surface area (Å²) >= 11 is 0. The number of hydrogen-bond acceptors (Lipinski definition) is 4. The second kappa shape index (κ2) is 4.49. The Hall–Kier alpha value is -2.18. The number of nitrogens with zero attached hydrogens (tertiary/aromatic N) is 1. The molecule has 1 saturated carbocycles. The van der Waals surface area contributed by atoms with Gasteiger partial charge in [-0.25, -0.2) is 9.18 Å². The number of nitrogens with one attached hydrogen (secondary N) is 1. The van der Waals surface area contributed by atoms with Crippen LogP contribution in [0.2, 0.25) is 0 Å². The van der Waals surface area contributed by atoms with Gasteiger partial charge < -0.3 is 10.4 Å². The molecule has 0 heterocycles. The van der Waals surface area contributed by atoms with Crippen LogP contribution >= 0.6 is 0 Å². The molecule has 102 valence electrons. The molecule has 0 aliphatic heterocycles. The highest BCUT2D eigenvalue weighted by atomic mass is 19.1. The summed E-state index contributed by atoms with van der Waals surface area (Å²) in [6.07, 6.45) is 1.54. The fourth-order valence-corrected chi connectivity index (χ4v) is 2.10. The van der Waals surface area contributed by atoms with E-state index >= 15 is 0 Å². The van der Waals surface area contributed by atoms with Crippen molar-refractivity contribution in [3.63, 3.8) is 0 Å². The topological polar surface area (TPSA) is 92.5 Å². The number of halogens is 1. The van der Waals surface area contributed by atoms with E-state index in [0.717, 1.165) is 12.5 Å². The Morgan fingerprint density at radius 3 is 2.58 bits per heavy atom. The normalized spacial score (nSPS) is 16.5. The van der Waals surface area contributed by atoms with Gasteiger partial charge >= 0.3 is 5.97 Å². The van der Waals surface area contributed by atoms with Gasteiger partial charge in [0, 0.05) is 0 Å². The van der Waals surface area contributed by atoms with Crippen molar-refractivity contribution >= 4 is 17.3 Å². The third-order valence-electron chi connectivity index (χ3n) is 3.46. The van der Waals surface area contributed by atoms with E-state index in [4.69, 9.17) is 0 Å². The van der Waals surface area contributed by atoms with Crippen LogP contribution in [-0.2, 0) is 4.79 Å². The zero-order chi connectivity index (χ0) is 14.2.